The van der Waals surface area contributed by atoms with Crippen LogP contribution in [0.25, 0.3) is 21.6 Å². The van der Waals surface area contributed by atoms with E-state index in [4.69, 9.17) is 4.74 Å². The van der Waals surface area contributed by atoms with E-state index >= 15 is 0 Å². The number of hydrogen-bond donors (Lipinski definition) is 4. The lowest BCUT2D eigenvalue weighted by Gasteiger charge is -2.22. The Balaban J connectivity index is 1.33. The minimum absolute atomic E-state index is 0.181. The smallest absolute Gasteiger partial charge is 0.263 e. The topological polar surface area (TPSA) is 132 Å². The third kappa shape index (κ3) is 5.21. The van der Waals surface area contributed by atoms with Crippen LogP contribution in [0.4, 0.5) is 5.69 Å². The Labute approximate surface area is 219 Å². The number of amides is 2. The lowest BCUT2D eigenvalue weighted by Crippen LogP contribution is -2.39. The number of pyridine rings is 1. The highest BCUT2D eigenvalue weighted by atomic mass is 32.1. The maximum atomic E-state index is 12.7. The molecule has 3 aromatic heterocycles. The van der Waals surface area contributed by atoms with Crippen molar-refractivity contribution in [2.75, 3.05) is 32.1 Å². The van der Waals surface area contributed by atoms with Crippen molar-refractivity contribution in [2.45, 2.75) is 51.4 Å². The number of anilines is 1. The van der Waals surface area contributed by atoms with Gasteiger partial charge in [-0.3, -0.25) is 9.59 Å². The normalized spacial score (nSPS) is 22.3. The number of aliphatic hydroxyl groups excluding tert-OH is 1. The minimum Gasteiger partial charge on any atom is -0.384 e. The third-order valence-corrected chi connectivity index (χ3v) is 8.57. The molecule has 3 aromatic rings. The largest absolute Gasteiger partial charge is 0.384 e. The summed E-state index contributed by atoms with van der Waals surface area (Å²) in [6, 6.07) is 2.25. The van der Waals surface area contributed by atoms with Gasteiger partial charge in [-0.15, -0.1) is 11.3 Å². The van der Waals surface area contributed by atoms with Gasteiger partial charge in [0.05, 0.1) is 23.0 Å². The van der Waals surface area contributed by atoms with Gasteiger partial charge in [-0.25, -0.2) is 9.97 Å². The van der Waals surface area contributed by atoms with E-state index in [1.807, 2.05) is 26.1 Å². The Hall–Kier alpha value is -3.02. The van der Waals surface area contributed by atoms with Gasteiger partial charge in [0.2, 0.25) is 0 Å². The van der Waals surface area contributed by atoms with E-state index < -0.39 is 11.7 Å². The summed E-state index contributed by atoms with van der Waals surface area (Å²) in [6.45, 7) is 7.15. The average Bonchev–Trinajstić information content (AvgIpc) is 3.65. The standard InChI is InChI=1S/C26H34N6O4S/c1-14(33)25(35)32-11-15-7-17(8-16(15)12-32)31-21-18-5-6-27-22(18)28-9-19(21)24-29-10-20(37-24)23(34)30-13-26(2,3)36-4/h5-6,9-10,14-17,33H,7-8,11-13H2,1-4H3,(H,30,34)(H2,27,28,31)/t14-,15-,16+,17?/m0/s1. The number of aromatic amines is 1. The Kier molecular flexibility index (Phi) is 6.95. The predicted octanol–water partition coefficient (Wildman–Crippen LogP) is 2.87. The molecule has 1 unspecified atom stereocenters. The van der Waals surface area contributed by atoms with Gasteiger partial charge in [-0.05, 0) is 51.5 Å². The van der Waals surface area contributed by atoms with Crippen LogP contribution in [0.15, 0.2) is 24.7 Å². The summed E-state index contributed by atoms with van der Waals surface area (Å²) in [6.07, 6.45) is 6.22. The molecule has 0 radical (unpaired) electrons. The van der Waals surface area contributed by atoms with Gasteiger partial charge in [-0.1, -0.05) is 0 Å². The Bertz CT molecular complexity index is 1290. The molecule has 2 amide bonds. The maximum Gasteiger partial charge on any atom is 0.263 e. The molecule has 198 valence electrons. The number of thiazole rings is 1. The highest BCUT2D eigenvalue weighted by Gasteiger charge is 2.43. The molecule has 2 fully saturated rings. The summed E-state index contributed by atoms with van der Waals surface area (Å²) in [5.41, 5.74) is 2.14. The second-order valence-electron chi connectivity index (χ2n) is 10.7. The molecule has 0 bridgehead atoms. The average molecular weight is 527 g/mol. The first-order valence-corrected chi connectivity index (χ1v) is 13.5. The number of aromatic nitrogens is 3. The Morgan fingerprint density at radius 1 is 1.27 bits per heavy atom. The van der Waals surface area contributed by atoms with Crippen LogP contribution in [0.3, 0.4) is 0 Å². The van der Waals surface area contributed by atoms with Crippen LogP contribution in [0.5, 0.6) is 0 Å². The molecule has 4 N–H and O–H groups in total. The highest BCUT2D eigenvalue weighted by molar-refractivity contribution is 7.17. The molecule has 1 aliphatic heterocycles. The number of nitrogens with one attached hydrogen (secondary N) is 3. The van der Waals surface area contributed by atoms with Gasteiger partial charge >= 0.3 is 0 Å². The monoisotopic (exact) mass is 526 g/mol. The Morgan fingerprint density at radius 3 is 2.68 bits per heavy atom. The number of ether oxygens (including phenoxy) is 1. The predicted molar refractivity (Wildman–Crippen MR) is 143 cm³/mol. The molecule has 1 aliphatic carbocycles. The van der Waals surface area contributed by atoms with E-state index in [9.17, 15) is 14.7 Å². The van der Waals surface area contributed by atoms with Crippen molar-refractivity contribution in [1.29, 1.82) is 0 Å². The van der Waals surface area contributed by atoms with Crippen molar-refractivity contribution in [3.8, 4) is 10.6 Å². The quantitative estimate of drug-likeness (QED) is 0.355. The van der Waals surface area contributed by atoms with Crippen molar-refractivity contribution < 1.29 is 19.4 Å². The molecular weight excluding hydrogens is 492 g/mol. The van der Waals surface area contributed by atoms with Crippen LogP contribution in [0.2, 0.25) is 0 Å². The number of aliphatic hydroxyl groups is 1. The van der Waals surface area contributed by atoms with E-state index in [2.05, 4.69) is 25.6 Å². The minimum atomic E-state index is -0.953. The van der Waals surface area contributed by atoms with Gasteiger partial charge < -0.3 is 30.4 Å². The summed E-state index contributed by atoms with van der Waals surface area (Å²) in [7, 11) is 1.62. The first kappa shape index (κ1) is 25.6. The molecule has 2 aliphatic rings. The number of fused-ring (bicyclic) bond motifs is 2. The molecule has 1 saturated carbocycles. The number of carbonyl (C=O) groups excluding carboxylic acids is 2. The molecule has 4 heterocycles. The summed E-state index contributed by atoms with van der Waals surface area (Å²) >= 11 is 1.34. The maximum absolute atomic E-state index is 12.7. The highest BCUT2D eigenvalue weighted by Crippen LogP contribution is 2.42. The summed E-state index contributed by atoms with van der Waals surface area (Å²) in [4.78, 5) is 39.6. The van der Waals surface area contributed by atoms with Crippen LogP contribution in [-0.4, -0.2) is 81.3 Å². The number of nitrogens with zero attached hydrogens (tertiary/aromatic N) is 3. The van der Waals surface area contributed by atoms with E-state index in [1.54, 1.807) is 24.4 Å². The van der Waals surface area contributed by atoms with Crippen LogP contribution < -0.4 is 10.6 Å². The Morgan fingerprint density at radius 2 is 2.00 bits per heavy atom. The van der Waals surface area contributed by atoms with Gasteiger partial charge in [-0.2, -0.15) is 0 Å². The zero-order chi connectivity index (χ0) is 26.3. The molecule has 37 heavy (non-hydrogen) atoms. The van der Waals surface area contributed by atoms with Gasteiger partial charge in [0.1, 0.15) is 21.6 Å². The van der Waals surface area contributed by atoms with E-state index in [0.29, 0.717) is 36.3 Å². The van der Waals surface area contributed by atoms with Crippen molar-refractivity contribution in [1.82, 2.24) is 25.2 Å². The molecule has 4 atom stereocenters. The molecule has 1 saturated heterocycles. The van der Waals surface area contributed by atoms with E-state index in [-0.39, 0.29) is 17.9 Å². The first-order valence-electron chi connectivity index (χ1n) is 12.6. The van der Waals surface area contributed by atoms with Crippen LogP contribution >= 0.6 is 11.3 Å². The number of likely N-dealkylation sites (tertiary alicyclic amines) is 1. The zero-order valence-corrected chi connectivity index (χ0v) is 22.4. The second-order valence-corrected chi connectivity index (χ2v) is 11.7. The lowest BCUT2D eigenvalue weighted by molar-refractivity contribution is -0.138. The van der Waals surface area contributed by atoms with Crippen LogP contribution in [0.1, 0.15) is 43.3 Å². The molecule has 5 rings (SSSR count). The van der Waals surface area contributed by atoms with E-state index in [1.165, 1.54) is 18.3 Å². The molecule has 10 nitrogen and oxygen atoms in total. The SMILES string of the molecule is COC(C)(C)CNC(=O)c1cnc(-c2cnc3[nH]ccc3c2NC2C[C@@H]3CN(C(=O)[C@H](C)O)C[C@@H]3C2)s1. The lowest BCUT2D eigenvalue weighted by atomic mass is 10.0. The number of H-pyrrole nitrogens is 1. The second kappa shape index (κ2) is 10.0. The fourth-order valence-corrected chi connectivity index (χ4v) is 6.20. The molecule has 0 aromatic carbocycles. The van der Waals surface area contributed by atoms with Crippen molar-refractivity contribution in [3.63, 3.8) is 0 Å². The van der Waals surface area contributed by atoms with Crippen molar-refractivity contribution in [3.05, 3.63) is 29.5 Å². The number of hydrogen-bond acceptors (Lipinski definition) is 8. The molecule has 11 heteroatoms. The van der Waals surface area contributed by atoms with Gasteiger partial charge in [0.15, 0.2) is 0 Å². The number of methoxy groups -OCH3 is 1. The van der Waals surface area contributed by atoms with Crippen molar-refractivity contribution in [2.24, 2.45) is 11.8 Å². The summed E-state index contributed by atoms with van der Waals surface area (Å²) in [5, 5.41) is 18.1. The third-order valence-electron chi connectivity index (χ3n) is 7.54. The zero-order valence-electron chi connectivity index (χ0n) is 21.6. The molecular formula is C26H34N6O4S. The van der Waals surface area contributed by atoms with Gasteiger partial charge in [0, 0.05) is 50.6 Å². The fraction of sp³-hybridized carbons (Fsp3) is 0.538. The number of rotatable bonds is 8. The van der Waals surface area contributed by atoms with Crippen LogP contribution in [-0.2, 0) is 9.53 Å². The van der Waals surface area contributed by atoms with Gasteiger partial charge in [0.25, 0.3) is 11.8 Å². The van der Waals surface area contributed by atoms with Crippen LogP contribution in [0, 0.1) is 11.8 Å². The number of carbonyl (C=O) groups is 2. The van der Waals surface area contributed by atoms with E-state index in [0.717, 1.165) is 40.1 Å². The van der Waals surface area contributed by atoms with Crippen molar-refractivity contribution >= 4 is 39.9 Å². The summed E-state index contributed by atoms with van der Waals surface area (Å²) in [5.74, 6) is 0.468. The fourth-order valence-electron chi connectivity index (χ4n) is 5.35. The molecule has 0 spiro atoms. The first-order chi connectivity index (χ1) is 17.6. The summed E-state index contributed by atoms with van der Waals surface area (Å²) < 4.78 is 5.39.